The molecule has 0 saturated heterocycles. The van der Waals surface area contributed by atoms with E-state index < -0.39 is 11.7 Å². The highest BCUT2D eigenvalue weighted by Crippen LogP contribution is 2.30. The van der Waals surface area contributed by atoms with E-state index in [9.17, 15) is 13.2 Å². The SMILES string of the molecule is NNc1ccnc(COc2ccc(C(F)(F)F)cc2)c1. The molecule has 7 heteroatoms. The lowest BCUT2D eigenvalue weighted by atomic mass is 10.2. The van der Waals surface area contributed by atoms with Crippen LogP contribution in [0, 0.1) is 0 Å². The van der Waals surface area contributed by atoms with Crippen LogP contribution in [0.4, 0.5) is 18.9 Å². The number of hydrazine groups is 1. The van der Waals surface area contributed by atoms with E-state index in [1.54, 1.807) is 18.3 Å². The van der Waals surface area contributed by atoms with Crippen molar-refractivity contribution in [2.24, 2.45) is 5.84 Å². The van der Waals surface area contributed by atoms with Crippen LogP contribution in [0.1, 0.15) is 11.3 Å². The largest absolute Gasteiger partial charge is 0.487 e. The Hall–Kier alpha value is -2.28. The van der Waals surface area contributed by atoms with Gasteiger partial charge in [-0.25, -0.2) is 0 Å². The minimum absolute atomic E-state index is 0.140. The van der Waals surface area contributed by atoms with Gasteiger partial charge in [-0.1, -0.05) is 0 Å². The highest BCUT2D eigenvalue weighted by molar-refractivity contribution is 5.41. The Kier molecular flexibility index (Phi) is 4.09. The molecule has 2 rings (SSSR count). The van der Waals surface area contributed by atoms with Crippen molar-refractivity contribution < 1.29 is 17.9 Å². The molecule has 1 aromatic heterocycles. The molecular formula is C13H12F3N3O. The monoisotopic (exact) mass is 283 g/mol. The second kappa shape index (κ2) is 5.79. The molecule has 0 radical (unpaired) electrons. The second-order valence-electron chi connectivity index (χ2n) is 3.99. The molecule has 0 saturated carbocycles. The zero-order valence-electron chi connectivity index (χ0n) is 10.3. The van der Waals surface area contributed by atoms with E-state index in [0.717, 1.165) is 12.1 Å². The van der Waals surface area contributed by atoms with Gasteiger partial charge in [0.25, 0.3) is 0 Å². The Labute approximate surface area is 113 Å². The maximum absolute atomic E-state index is 12.4. The molecule has 2 aromatic rings. The molecule has 1 aromatic carbocycles. The Morgan fingerprint density at radius 1 is 1.15 bits per heavy atom. The summed E-state index contributed by atoms with van der Waals surface area (Å²) in [6.45, 7) is 0.140. The van der Waals surface area contributed by atoms with Gasteiger partial charge < -0.3 is 10.2 Å². The first-order valence-corrected chi connectivity index (χ1v) is 5.70. The van der Waals surface area contributed by atoms with Crippen LogP contribution in [0.3, 0.4) is 0 Å². The minimum atomic E-state index is -4.35. The summed E-state index contributed by atoms with van der Waals surface area (Å²) in [5.41, 5.74) is 3.04. The number of nitrogens with two attached hydrogens (primary N) is 1. The molecule has 0 unspecified atom stereocenters. The number of nitrogens with zero attached hydrogens (tertiary/aromatic N) is 1. The summed E-state index contributed by atoms with van der Waals surface area (Å²) in [5, 5.41) is 0. The molecule has 3 N–H and O–H groups in total. The number of pyridine rings is 1. The van der Waals surface area contributed by atoms with Crippen molar-refractivity contribution in [1.82, 2.24) is 4.98 Å². The summed E-state index contributed by atoms with van der Waals surface area (Å²) in [6, 6.07) is 7.86. The Morgan fingerprint density at radius 3 is 2.45 bits per heavy atom. The smallest absolute Gasteiger partial charge is 0.416 e. The van der Waals surface area contributed by atoms with Crippen molar-refractivity contribution in [3.05, 3.63) is 53.9 Å². The number of ether oxygens (including phenoxy) is 1. The van der Waals surface area contributed by atoms with Gasteiger partial charge in [-0.15, -0.1) is 0 Å². The van der Waals surface area contributed by atoms with Crippen molar-refractivity contribution in [3.8, 4) is 5.75 Å². The van der Waals surface area contributed by atoms with Gasteiger partial charge >= 0.3 is 6.18 Å². The van der Waals surface area contributed by atoms with Gasteiger partial charge in [0.05, 0.1) is 16.9 Å². The standard InChI is InChI=1S/C13H12F3N3O/c14-13(15,16)9-1-3-12(4-2-9)20-8-11-7-10(19-17)5-6-18-11/h1-7H,8,17H2,(H,18,19). The summed E-state index contributed by atoms with van der Waals surface area (Å²) in [4.78, 5) is 4.06. The molecule has 0 amide bonds. The van der Waals surface area contributed by atoms with Gasteiger partial charge in [0.15, 0.2) is 0 Å². The molecule has 106 valence electrons. The lowest BCUT2D eigenvalue weighted by molar-refractivity contribution is -0.137. The predicted molar refractivity (Wildman–Crippen MR) is 67.8 cm³/mol. The summed E-state index contributed by atoms with van der Waals surface area (Å²) in [5.74, 6) is 5.60. The topological polar surface area (TPSA) is 60.2 Å². The Morgan fingerprint density at radius 2 is 1.85 bits per heavy atom. The first-order chi connectivity index (χ1) is 9.49. The van der Waals surface area contributed by atoms with Gasteiger partial charge in [0.2, 0.25) is 0 Å². The van der Waals surface area contributed by atoms with Crippen molar-refractivity contribution in [2.75, 3.05) is 5.43 Å². The van der Waals surface area contributed by atoms with Crippen LogP contribution in [-0.4, -0.2) is 4.98 Å². The molecule has 0 aliphatic carbocycles. The van der Waals surface area contributed by atoms with Crippen LogP contribution >= 0.6 is 0 Å². The number of hydrogen-bond acceptors (Lipinski definition) is 4. The average Bonchev–Trinajstić information content (AvgIpc) is 2.45. The number of aromatic nitrogens is 1. The van der Waals surface area contributed by atoms with E-state index in [2.05, 4.69) is 10.4 Å². The highest BCUT2D eigenvalue weighted by atomic mass is 19.4. The van der Waals surface area contributed by atoms with Crippen LogP contribution in [0.5, 0.6) is 5.75 Å². The lowest BCUT2D eigenvalue weighted by Gasteiger charge is -2.09. The summed E-state index contributed by atoms with van der Waals surface area (Å²) in [6.07, 6.45) is -2.79. The number of hydrogen-bond donors (Lipinski definition) is 2. The van der Waals surface area contributed by atoms with E-state index in [-0.39, 0.29) is 6.61 Å². The van der Waals surface area contributed by atoms with Gasteiger partial charge in [-0.2, -0.15) is 13.2 Å². The number of anilines is 1. The number of alkyl halides is 3. The minimum Gasteiger partial charge on any atom is -0.487 e. The number of nitrogen functional groups attached to an aromatic ring is 1. The van der Waals surface area contributed by atoms with Crippen molar-refractivity contribution in [1.29, 1.82) is 0 Å². The third kappa shape index (κ3) is 3.61. The summed E-state index contributed by atoms with van der Waals surface area (Å²) >= 11 is 0. The molecule has 0 bridgehead atoms. The zero-order chi connectivity index (χ0) is 14.6. The zero-order valence-corrected chi connectivity index (χ0v) is 10.3. The number of rotatable bonds is 4. The molecule has 1 heterocycles. The number of benzene rings is 1. The van der Waals surface area contributed by atoms with Crippen LogP contribution in [0.15, 0.2) is 42.6 Å². The van der Waals surface area contributed by atoms with Gasteiger partial charge in [-0.05, 0) is 36.4 Å². The van der Waals surface area contributed by atoms with E-state index in [1.165, 1.54) is 12.1 Å². The molecule has 4 nitrogen and oxygen atoms in total. The van der Waals surface area contributed by atoms with Crippen LogP contribution in [0.25, 0.3) is 0 Å². The van der Waals surface area contributed by atoms with Gasteiger partial charge in [0, 0.05) is 6.20 Å². The van der Waals surface area contributed by atoms with Gasteiger partial charge in [-0.3, -0.25) is 10.8 Å². The fraction of sp³-hybridized carbons (Fsp3) is 0.154. The highest BCUT2D eigenvalue weighted by Gasteiger charge is 2.29. The van der Waals surface area contributed by atoms with Crippen LogP contribution < -0.4 is 16.0 Å². The third-order valence-corrected chi connectivity index (χ3v) is 2.55. The van der Waals surface area contributed by atoms with Crippen molar-refractivity contribution in [3.63, 3.8) is 0 Å². The van der Waals surface area contributed by atoms with Crippen LogP contribution in [-0.2, 0) is 12.8 Å². The first-order valence-electron chi connectivity index (χ1n) is 5.70. The quantitative estimate of drug-likeness (QED) is 0.669. The molecule has 0 atom stereocenters. The molecule has 0 spiro atoms. The Bertz CT molecular complexity index is 570. The van der Waals surface area contributed by atoms with Gasteiger partial charge in [0.1, 0.15) is 12.4 Å². The fourth-order valence-corrected chi connectivity index (χ4v) is 1.54. The number of nitrogens with one attached hydrogen (secondary N) is 1. The molecule has 0 aliphatic heterocycles. The molecule has 0 aliphatic rings. The lowest BCUT2D eigenvalue weighted by Crippen LogP contribution is -2.08. The number of halogens is 3. The van der Waals surface area contributed by atoms with E-state index in [4.69, 9.17) is 10.6 Å². The van der Waals surface area contributed by atoms with E-state index in [0.29, 0.717) is 17.1 Å². The molecule has 0 fully saturated rings. The Balaban J connectivity index is 2.00. The van der Waals surface area contributed by atoms with Crippen molar-refractivity contribution in [2.45, 2.75) is 12.8 Å². The second-order valence-corrected chi connectivity index (χ2v) is 3.99. The van der Waals surface area contributed by atoms with Crippen molar-refractivity contribution >= 4 is 5.69 Å². The first kappa shape index (κ1) is 14.1. The van der Waals surface area contributed by atoms with E-state index >= 15 is 0 Å². The fourth-order valence-electron chi connectivity index (χ4n) is 1.54. The van der Waals surface area contributed by atoms with E-state index in [1.807, 2.05) is 0 Å². The predicted octanol–water partition coefficient (Wildman–Crippen LogP) is 2.97. The maximum atomic E-state index is 12.4. The van der Waals surface area contributed by atoms with Crippen LogP contribution in [0.2, 0.25) is 0 Å². The normalized spacial score (nSPS) is 11.2. The molecule has 20 heavy (non-hydrogen) atoms. The summed E-state index contributed by atoms with van der Waals surface area (Å²) < 4.78 is 42.5. The summed E-state index contributed by atoms with van der Waals surface area (Å²) in [7, 11) is 0. The molecular weight excluding hydrogens is 271 g/mol. The maximum Gasteiger partial charge on any atom is 0.416 e. The third-order valence-electron chi connectivity index (χ3n) is 2.55. The average molecular weight is 283 g/mol.